The lowest BCUT2D eigenvalue weighted by Gasteiger charge is -2.28. The summed E-state index contributed by atoms with van der Waals surface area (Å²) in [6.07, 6.45) is -3.35. The Kier molecular flexibility index (Phi) is 4.95. The van der Waals surface area contributed by atoms with Gasteiger partial charge in [-0.1, -0.05) is 0 Å². The molecule has 0 aliphatic carbocycles. The summed E-state index contributed by atoms with van der Waals surface area (Å²) >= 11 is 0. The lowest BCUT2D eigenvalue weighted by Crippen LogP contribution is -2.40. The fourth-order valence-electron chi connectivity index (χ4n) is 1.66. The molecule has 2 rings (SSSR count). The van der Waals surface area contributed by atoms with E-state index >= 15 is 0 Å². The maximum atomic E-state index is 12.3. The van der Waals surface area contributed by atoms with E-state index in [0.29, 0.717) is 18.8 Å². The smallest absolute Gasteiger partial charge is 0.375 e. The summed E-state index contributed by atoms with van der Waals surface area (Å²) in [4.78, 5) is 3.83. The lowest BCUT2D eigenvalue weighted by molar-refractivity contribution is -0.137. The molecule has 102 valence electrons. The third kappa shape index (κ3) is 3.57. The zero-order chi connectivity index (χ0) is 12.5. The van der Waals surface area contributed by atoms with Crippen LogP contribution in [0.1, 0.15) is 24.2 Å². The fourth-order valence-corrected chi connectivity index (χ4v) is 1.66. The molecule has 2 heterocycles. The highest BCUT2D eigenvalue weighted by atomic mass is 35.5. The van der Waals surface area contributed by atoms with Gasteiger partial charge in [0.15, 0.2) is 0 Å². The highest BCUT2D eigenvalue weighted by molar-refractivity contribution is 5.85. The number of rotatable bonds is 1. The molecular formula is C11H14ClF3N2O. The minimum Gasteiger partial charge on any atom is -0.375 e. The van der Waals surface area contributed by atoms with Crippen molar-refractivity contribution in [3.8, 4) is 0 Å². The third-order valence-electron chi connectivity index (χ3n) is 2.67. The molecule has 7 heteroatoms. The lowest BCUT2D eigenvalue weighted by atomic mass is 10.1. The molecule has 0 amide bonds. The van der Waals surface area contributed by atoms with Crippen molar-refractivity contribution in [3.05, 3.63) is 29.6 Å². The number of aromatic nitrogens is 1. The van der Waals surface area contributed by atoms with E-state index in [-0.39, 0.29) is 24.6 Å². The molecule has 2 atom stereocenters. The molecule has 1 aliphatic heterocycles. The monoisotopic (exact) mass is 282 g/mol. The van der Waals surface area contributed by atoms with Gasteiger partial charge < -0.3 is 10.1 Å². The first kappa shape index (κ1) is 15.2. The Bertz CT molecular complexity index is 375. The zero-order valence-electron chi connectivity index (χ0n) is 9.70. The van der Waals surface area contributed by atoms with Crippen LogP contribution in [0.3, 0.4) is 0 Å². The van der Waals surface area contributed by atoms with Gasteiger partial charge in [-0.25, -0.2) is 0 Å². The largest absolute Gasteiger partial charge is 0.417 e. The number of alkyl halides is 3. The zero-order valence-corrected chi connectivity index (χ0v) is 10.5. The van der Waals surface area contributed by atoms with Crippen molar-refractivity contribution in [3.63, 3.8) is 0 Å². The Morgan fingerprint density at radius 3 is 2.56 bits per heavy atom. The molecule has 0 saturated carbocycles. The Morgan fingerprint density at radius 2 is 2.11 bits per heavy atom. The van der Waals surface area contributed by atoms with Gasteiger partial charge >= 0.3 is 6.18 Å². The van der Waals surface area contributed by atoms with E-state index in [1.807, 2.05) is 6.92 Å². The first-order valence-corrected chi connectivity index (χ1v) is 5.35. The number of pyridine rings is 1. The van der Waals surface area contributed by atoms with Crippen molar-refractivity contribution >= 4 is 12.4 Å². The van der Waals surface area contributed by atoms with Crippen molar-refractivity contribution < 1.29 is 17.9 Å². The van der Waals surface area contributed by atoms with E-state index in [4.69, 9.17) is 4.74 Å². The van der Waals surface area contributed by atoms with E-state index in [2.05, 4.69) is 10.3 Å². The van der Waals surface area contributed by atoms with E-state index in [9.17, 15) is 13.2 Å². The van der Waals surface area contributed by atoms with Gasteiger partial charge in [-0.05, 0) is 19.1 Å². The van der Waals surface area contributed by atoms with Crippen LogP contribution in [0, 0.1) is 0 Å². The number of ether oxygens (including phenoxy) is 1. The summed E-state index contributed by atoms with van der Waals surface area (Å²) in [5.41, 5.74) is -0.156. The van der Waals surface area contributed by atoms with Crippen molar-refractivity contribution in [1.82, 2.24) is 10.3 Å². The molecule has 1 fully saturated rings. The predicted molar refractivity (Wildman–Crippen MR) is 62.6 cm³/mol. The molecule has 3 nitrogen and oxygen atoms in total. The number of nitrogens with one attached hydrogen (secondary N) is 1. The molecular weight excluding hydrogens is 269 g/mol. The van der Waals surface area contributed by atoms with Crippen LogP contribution in [-0.2, 0) is 10.9 Å². The second kappa shape index (κ2) is 5.86. The predicted octanol–water partition coefficient (Wildman–Crippen LogP) is 2.57. The molecule has 1 saturated heterocycles. The van der Waals surface area contributed by atoms with Crippen molar-refractivity contribution in [2.75, 3.05) is 13.2 Å². The molecule has 1 N–H and O–H groups in total. The Labute approximate surface area is 109 Å². The van der Waals surface area contributed by atoms with Crippen LogP contribution < -0.4 is 5.32 Å². The van der Waals surface area contributed by atoms with Gasteiger partial charge in [0.1, 0.15) is 0 Å². The van der Waals surface area contributed by atoms with Gasteiger partial charge in [0.2, 0.25) is 0 Å². The molecule has 0 radical (unpaired) electrons. The molecule has 1 aliphatic rings. The van der Waals surface area contributed by atoms with E-state index < -0.39 is 11.7 Å². The third-order valence-corrected chi connectivity index (χ3v) is 2.67. The Balaban J connectivity index is 0.00000162. The normalized spacial score (nSPS) is 24.4. The second-order valence-corrected chi connectivity index (χ2v) is 4.07. The summed E-state index contributed by atoms with van der Waals surface area (Å²) in [5.74, 6) is 0. The highest BCUT2D eigenvalue weighted by Gasteiger charge is 2.31. The van der Waals surface area contributed by atoms with E-state index in [1.54, 1.807) is 0 Å². The van der Waals surface area contributed by atoms with Gasteiger partial charge in [-0.3, -0.25) is 4.98 Å². The number of halogens is 4. The van der Waals surface area contributed by atoms with Crippen LogP contribution in [0.2, 0.25) is 0 Å². The van der Waals surface area contributed by atoms with Gasteiger partial charge in [-0.15, -0.1) is 12.4 Å². The van der Waals surface area contributed by atoms with Gasteiger partial charge in [0.25, 0.3) is 0 Å². The number of hydrogen-bond acceptors (Lipinski definition) is 3. The van der Waals surface area contributed by atoms with E-state index in [0.717, 1.165) is 12.3 Å². The molecule has 0 spiro atoms. The minimum absolute atomic E-state index is 0. The molecule has 0 aromatic carbocycles. The van der Waals surface area contributed by atoms with Crippen molar-refractivity contribution in [1.29, 1.82) is 0 Å². The first-order valence-electron chi connectivity index (χ1n) is 5.35. The van der Waals surface area contributed by atoms with Crippen molar-refractivity contribution in [2.24, 2.45) is 0 Å². The summed E-state index contributed by atoms with van der Waals surface area (Å²) in [6, 6.07) is 2.30. The SMILES string of the molecule is C[C@H]1CNC(c2ccc(C(F)(F)F)cn2)CO1.Cl. The Morgan fingerprint density at radius 1 is 1.39 bits per heavy atom. The number of nitrogens with zero attached hydrogens (tertiary/aromatic N) is 1. The summed E-state index contributed by atoms with van der Waals surface area (Å²) in [6.45, 7) is 3.04. The first-order chi connectivity index (χ1) is 7.97. The van der Waals surface area contributed by atoms with Gasteiger partial charge in [0.05, 0.1) is 30.0 Å². The summed E-state index contributed by atoms with van der Waals surface area (Å²) in [7, 11) is 0. The topological polar surface area (TPSA) is 34.2 Å². The van der Waals surface area contributed by atoms with Crippen LogP contribution in [-0.4, -0.2) is 24.2 Å². The van der Waals surface area contributed by atoms with Crippen LogP contribution >= 0.6 is 12.4 Å². The molecule has 1 aromatic rings. The van der Waals surface area contributed by atoms with Crippen LogP contribution in [0.5, 0.6) is 0 Å². The van der Waals surface area contributed by atoms with Gasteiger partial charge in [0, 0.05) is 12.7 Å². The molecule has 18 heavy (non-hydrogen) atoms. The molecule has 1 unspecified atom stereocenters. The highest BCUT2D eigenvalue weighted by Crippen LogP contribution is 2.29. The molecule has 1 aromatic heterocycles. The Hall–Kier alpha value is -0.850. The van der Waals surface area contributed by atoms with Crippen LogP contribution in [0.4, 0.5) is 13.2 Å². The van der Waals surface area contributed by atoms with Crippen molar-refractivity contribution in [2.45, 2.75) is 25.2 Å². The maximum absolute atomic E-state index is 12.3. The van der Waals surface area contributed by atoms with Gasteiger partial charge in [-0.2, -0.15) is 13.2 Å². The van der Waals surface area contributed by atoms with Crippen LogP contribution in [0.15, 0.2) is 18.3 Å². The molecule has 0 bridgehead atoms. The summed E-state index contributed by atoms with van der Waals surface area (Å²) in [5, 5.41) is 3.17. The quantitative estimate of drug-likeness (QED) is 0.860. The minimum atomic E-state index is -4.34. The summed E-state index contributed by atoms with van der Waals surface area (Å²) < 4.78 is 42.4. The number of hydrogen-bond donors (Lipinski definition) is 1. The number of morpholine rings is 1. The standard InChI is InChI=1S/C11H13F3N2O.ClH/c1-7-4-15-10(6-17-7)9-3-2-8(5-16-9)11(12,13)14;/h2-3,5,7,10,15H,4,6H2,1H3;1H/t7-,10?;/m0./s1. The second-order valence-electron chi connectivity index (χ2n) is 4.07. The fraction of sp³-hybridized carbons (Fsp3) is 0.545. The maximum Gasteiger partial charge on any atom is 0.417 e. The van der Waals surface area contributed by atoms with E-state index in [1.165, 1.54) is 6.07 Å². The van der Waals surface area contributed by atoms with Crippen LogP contribution in [0.25, 0.3) is 0 Å². The average Bonchev–Trinajstić information content (AvgIpc) is 2.29. The average molecular weight is 283 g/mol.